The van der Waals surface area contributed by atoms with Gasteiger partial charge in [-0.3, -0.25) is 4.79 Å². The summed E-state index contributed by atoms with van der Waals surface area (Å²) in [5.41, 5.74) is 6.85. The first-order chi connectivity index (χ1) is 11.3. The monoisotopic (exact) mass is 353 g/mol. The molecule has 1 heterocycles. The van der Waals surface area contributed by atoms with Gasteiger partial charge in [0.05, 0.1) is 4.90 Å². The molecule has 0 radical (unpaired) electrons. The third kappa shape index (κ3) is 4.78. The maximum absolute atomic E-state index is 12.9. The molecule has 3 N–H and O–H groups in total. The molecule has 1 aliphatic heterocycles. The Hall–Kier alpha value is -1.44. The van der Waals surface area contributed by atoms with E-state index in [1.807, 2.05) is 6.92 Å². The third-order valence-corrected chi connectivity index (χ3v) is 6.27. The van der Waals surface area contributed by atoms with Crippen LogP contribution < -0.4 is 11.1 Å². The predicted octanol–water partition coefficient (Wildman–Crippen LogP) is 2.24. The fourth-order valence-electron chi connectivity index (χ4n) is 2.78. The van der Waals surface area contributed by atoms with Crippen LogP contribution in [-0.2, 0) is 14.8 Å². The van der Waals surface area contributed by atoms with Crippen LogP contribution >= 0.6 is 0 Å². The first kappa shape index (κ1) is 18.9. The number of nitrogens with one attached hydrogen (secondary N) is 1. The number of nitrogens with zero attached hydrogens (tertiary/aromatic N) is 1. The van der Waals surface area contributed by atoms with E-state index in [-0.39, 0.29) is 16.8 Å². The Bertz CT molecular complexity index is 680. The first-order valence-electron chi connectivity index (χ1n) is 8.47. The molecule has 1 unspecified atom stereocenters. The number of amides is 1. The Balaban J connectivity index is 2.17. The molecule has 2 rings (SSSR count). The van der Waals surface area contributed by atoms with Gasteiger partial charge in [-0.2, -0.15) is 4.31 Å². The van der Waals surface area contributed by atoms with Crippen LogP contribution in [0.4, 0.5) is 5.69 Å². The van der Waals surface area contributed by atoms with Crippen LogP contribution in [-0.4, -0.2) is 37.8 Å². The smallest absolute Gasteiger partial charge is 0.243 e. The Morgan fingerprint density at radius 1 is 1.29 bits per heavy atom. The van der Waals surface area contributed by atoms with Gasteiger partial charge in [-0.05, 0) is 50.8 Å². The van der Waals surface area contributed by atoms with Gasteiger partial charge in [0.15, 0.2) is 0 Å². The fraction of sp³-hybridized carbons (Fsp3) is 0.588. The van der Waals surface area contributed by atoms with Crippen molar-refractivity contribution in [3.8, 4) is 0 Å². The number of carbonyl (C=O) groups excluding carboxylic acids is 1. The number of hydrogen-bond acceptors (Lipinski definition) is 4. The molecule has 0 aromatic heterocycles. The lowest BCUT2D eigenvalue weighted by atomic mass is 10.2. The van der Waals surface area contributed by atoms with Crippen molar-refractivity contribution >= 4 is 21.6 Å². The van der Waals surface area contributed by atoms with Crippen LogP contribution in [0.25, 0.3) is 0 Å². The molecular weight excluding hydrogens is 326 g/mol. The molecular formula is C17H27N3O3S. The average molecular weight is 353 g/mol. The highest BCUT2D eigenvalue weighted by Gasteiger charge is 2.27. The zero-order valence-electron chi connectivity index (χ0n) is 14.4. The van der Waals surface area contributed by atoms with Gasteiger partial charge in [-0.1, -0.05) is 12.5 Å². The minimum atomic E-state index is -3.51. The van der Waals surface area contributed by atoms with Gasteiger partial charge in [0, 0.05) is 31.2 Å². The summed E-state index contributed by atoms with van der Waals surface area (Å²) >= 11 is 0. The molecule has 1 fully saturated rings. The summed E-state index contributed by atoms with van der Waals surface area (Å²) < 4.78 is 27.3. The second-order valence-electron chi connectivity index (χ2n) is 6.51. The number of rotatable bonds is 6. The molecule has 24 heavy (non-hydrogen) atoms. The van der Waals surface area contributed by atoms with Crippen molar-refractivity contribution in [1.29, 1.82) is 0 Å². The number of carbonyl (C=O) groups is 1. The quantitative estimate of drug-likeness (QED) is 0.820. The molecule has 1 aromatic carbocycles. The van der Waals surface area contributed by atoms with Crippen LogP contribution in [0.5, 0.6) is 0 Å². The van der Waals surface area contributed by atoms with E-state index in [0.717, 1.165) is 19.3 Å². The van der Waals surface area contributed by atoms with Gasteiger partial charge >= 0.3 is 0 Å². The standard InChI is InChI=1S/C17H27N3O3S/c1-13-6-8-15(19-17(21)9-7-14(2)18)12-16(13)24(22,23)20-10-4-3-5-11-20/h6,8,12,14H,3-5,7,9-11,18H2,1-2H3,(H,19,21). The molecule has 0 aliphatic carbocycles. The molecule has 1 amide bonds. The minimum Gasteiger partial charge on any atom is -0.328 e. The summed E-state index contributed by atoms with van der Waals surface area (Å²) in [5, 5.41) is 2.76. The summed E-state index contributed by atoms with van der Waals surface area (Å²) in [6.07, 6.45) is 3.77. The molecule has 1 saturated heterocycles. The van der Waals surface area contributed by atoms with E-state index in [1.165, 1.54) is 0 Å². The van der Waals surface area contributed by atoms with Crippen molar-refractivity contribution in [3.05, 3.63) is 23.8 Å². The molecule has 0 saturated carbocycles. The lowest BCUT2D eigenvalue weighted by Crippen LogP contribution is -2.36. The Morgan fingerprint density at radius 2 is 1.96 bits per heavy atom. The number of anilines is 1. The first-order valence-corrected chi connectivity index (χ1v) is 9.91. The normalized spacial score (nSPS) is 17.5. The summed E-state index contributed by atoms with van der Waals surface area (Å²) in [6.45, 7) is 4.75. The zero-order valence-corrected chi connectivity index (χ0v) is 15.2. The van der Waals surface area contributed by atoms with Crippen LogP contribution in [0.3, 0.4) is 0 Å². The molecule has 0 spiro atoms. The number of aryl methyl sites for hydroxylation is 1. The zero-order chi connectivity index (χ0) is 17.7. The Kier molecular flexibility index (Phi) is 6.37. The van der Waals surface area contributed by atoms with Crippen LogP contribution in [0, 0.1) is 6.92 Å². The Labute approximate surface area is 144 Å². The van der Waals surface area contributed by atoms with Crippen molar-refractivity contribution in [2.24, 2.45) is 5.73 Å². The van der Waals surface area contributed by atoms with E-state index >= 15 is 0 Å². The molecule has 7 heteroatoms. The van der Waals surface area contributed by atoms with E-state index in [1.54, 1.807) is 29.4 Å². The topological polar surface area (TPSA) is 92.5 Å². The van der Waals surface area contributed by atoms with E-state index < -0.39 is 10.0 Å². The van der Waals surface area contributed by atoms with Crippen molar-refractivity contribution in [1.82, 2.24) is 4.31 Å². The fourth-order valence-corrected chi connectivity index (χ4v) is 4.55. The molecule has 1 atom stereocenters. The SMILES string of the molecule is Cc1ccc(NC(=O)CCC(C)N)cc1S(=O)(=O)N1CCCCC1. The van der Waals surface area contributed by atoms with Gasteiger partial charge in [-0.25, -0.2) is 8.42 Å². The van der Waals surface area contributed by atoms with Crippen molar-refractivity contribution < 1.29 is 13.2 Å². The number of sulfonamides is 1. The number of benzene rings is 1. The second kappa shape index (κ2) is 8.09. The number of nitrogens with two attached hydrogens (primary N) is 1. The van der Waals surface area contributed by atoms with Gasteiger partial charge in [-0.15, -0.1) is 0 Å². The molecule has 1 aliphatic rings. The predicted molar refractivity (Wildman–Crippen MR) is 95.3 cm³/mol. The summed E-state index contributed by atoms with van der Waals surface area (Å²) in [7, 11) is -3.51. The van der Waals surface area contributed by atoms with Gasteiger partial charge in [0.25, 0.3) is 0 Å². The molecule has 0 bridgehead atoms. The third-order valence-electron chi connectivity index (χ3n) is 4.23. The van der Waals surface area contributed by atoms with Gasteiger partial charge < -0.3 is 11.1 Å². The maximum Gasteiger partial charge on any atom is 0.243 e. The van der Waals surface area contributed by atoms with Crippen LogP contribution in [0.1, 0.15) is 44.6 Å². The van der Waals surface area contributed by atoms with E-state index in [0.29, 0.717) is 37.2 Å². The van der Waals surface area contributed by atoms with Crippen molar-refractivity contribution in [3.63, 3.8) is 0 Å². The van der Waals surface area contributed by atoms with Crippen LogP contribution in [0.15, 0.2) is 23.1 Å². The summed E-state index contributed by atoms with van der Waals surface area (Å²) in [5.74, 6) is -0.155. The lowest BCUT2D eigenvalue weighted by Gasteiger charge is -2.26. The van der Waals surface area contributed by atoms with E-state index in [2.05, 4.69) is 5.32 Å². The number of hydrogen-bond donors (Lipinski definition) is 2. The summed E-state index contributed by atoms with van der Waals surface area (Å²) in [4.78, 5) is 12.2. The average Bonchev–Trinajstić information content (AvgIpc) is 2.55. The molecule has 6 nitrogen and oxygen atoms in total. The van der Waals surface area contributed by atoms with E-state index in [9.17, 15) is 13.2 Å². The van der Waals surface area contributed by atoms with Crippen molar-refractivity contribution in [2.45, 2.75) is 56.9 Å². The van der Waals surface area contributed by atoms with Gasteiger partial charge in [0.2, 0.25) is 15.9 Å². The Morgan fingerprint density at radius 3 is 2.58 bits per heavy atom. The largest absolute Gasteiger partial charge is 0.328 e. The number of piperidine rings is 1. The minimum absolute atomic E-state index is 0.0381. The van der Waals surface area contributed by atoms with Gasteiger partial charge in [0.1, 0.15) is 0 Å². The lowest BCUT2D eigenvalue weighted by molar-refractivity contribution is -0.116. The highest BCUT2D eigenvalue weighted by atomic mass is 32.2. The van der Waals surface area contributed by atoms with Crippen LogP contribution in [0.2, 0.25) is 0 Å². The molecule has 134 valence electrons. The summed E-state index contributed by atoms with van der Waals surface area (Å²) in [6, 6.07) is 4.99. The van der Waals surface area contributed by atoms with E-state index in [4.69, 9.17) is 5.73 Å². The van der Waals surface area contributed by atoms with Crippen molar-refractivity contribution in [2.75, 3.05) is 18.4 Å². The second-order valence-corrected chi connectivity index (χ2v) is 8.42. The highest BCUT2D eigenvalue weighted by molar-refractivity contribution is 7.89. The maximum atomic E-state index is 12.9. The highest BCUT2D eigenvalue weighted by Crippen LogP contribution is 2.26. The molecule has 1 aromatic rings.